The summed E-state index contributed by atoms with van der Waals surface area (Å²) >= 11 is 0. The van der Waals surface area contributed by atoms with Gasteiger partial charge in [-0.05, 0) is 55.0 Å². The molecule has 0 bridgehead atoms. The number of H-pyrrole nitrogens is 1. The molecule has 0 radical (unpaired) electrons. The van der Waals surface area contributed by atoms with Crippen LogP contribution >= 0.6 is 0 Å². The van der Waals surface area contributed by atoms with Crippen molar-refractivity contribution in [1.82, 2.24) is 9.97 Å². The second kappa shape index (κ2) is 6.29. The Bertz CT molecular complexity index is 1040. The second-order valence-electron chi connectivity index (χ2n) is 6.49. The number of fused-ring (bicyclic) bond motifs is 3. The summed E-state index contributed by atoms with van der Waals surface area (Å²) in [6.07, 6.45) is 7.02. The third-order valence-electron chi connectivity index (χ3n) is 5.08. The lowest BCUT2D eigenvalue weighted by molar-refractivity contribution is 0.0595. The summed E-state index contributed by atoms with van der Waals surface area (Å²) in [6.45, 7) is 0. The highest BCUT2D eigenvalue weighted by atomic mass is 16.5. The Morgan fingerprint density at radius 3 is 2.77 bits per heavy atom. The number of esters is 1. The van der Waals surface area contributed by atoms with Crippen LogP contribution in [0, 0.1) is 5.41 Å². The number of methoxy groups -OCH3 is 1. The van der Waals surface area contributed by atoms with Gasteiger partial charge in [-0.25, -0.2) is 9.78 Å². The van der Waals surface area contributed by atoms with Gasteiger partial charge in [-0.2, -0.15) is 0 Å². The molecular formula is C20H20N4O2. The van der Waals surface area contributed by atoms with Crippen molar-refractivity contribution in [3.8, 4) is 11.3 Å². The van der Waals surface area contributed by atoms with E-state index in [1.807, 2.05) is 12.1 Å². The molecule has 0 atom stereocenters. The lowest BCUT2D eigenvalue weighted by atomic mass is 9.85. The van der Waals surface area contributed by atoms with Gasteiger partial charge in [0.05, 0.1) is 18.3 Å². The maximum Gasteiger partial charge on any atom is 0.355 e. The maximum atomic E-state index is 12.1. The zero-order valence-electron chi connectivity index (χ0n) is 14.6. The number of carbonyl (C=O) groups is 1. The van der Waals surface area contributed by atoms with Crippen molar-refractivity contribution < 1.29 is 9.53 Å². The highest BCUT2D eigenvalue weighted by molar-refractivity contribution is 6.06. The van der Waals surface area contributed by atoms with Crippen LogP contribution in [-0.2, 0) is 17.6 Å². The SMILES string of the molecule is COC(=O)c1[nH]ccc1-c1nc2ccc(N)c(C=N)c2c2c1CCCC2. The van der Waals surface area contributed by atoms with E-state index < -0.39 is 5.97 Å². The number of aryl methyl sites for hydroxylation is 1. The molecule has 1 aliphatic carbocycles. The summed E-state index contributed by atoms with van der Waals surface area (Å²) in [5.41, 5.74) is 12.5. The molecule has 2 aromatic heterocycles. The number of aromatic amines is 1. The number of nitrogens with zero attached hydrogens (tertiary/aromatic N) is 1. The molecule has 0 saturated carbocycles. The van der Waals surface area contributed by atoms with E-state index in [9.17, 15) is 4.79 Å². The van der Waals surface area contributed by atoms with E-state index in [4.69, 9.17) is 20.9 Å². The van der Waals surface area contributed by atoms with Gasteiger partial charge in [-0.15, -0.1) is 0 Å². The van der Waals surface area contributed by atoms with Crippen LogP contribution in [-0.4, -0.2) is 29.3 Å². The Morgan fingerprint density at radius 1 is 1.27 bits per heavy atom. The zero-order valence-corrected chi connectivity index (χ0v) is 14.6. The topological polar surface area (TPSA) is 105 Å². The van der Waals surface area contributed by atoms with E-state index in [0.29, 0.717) is 11.4 Å². The molecular weight excluding hydrogens is 328 g/mol. The molecule has 3 aromatic rings. The van der Waals surface area contributed by atoms with Crippen molar-refractivity contribution in [3.05, 3.63) is 46.8 Å². The van der Waals surface area contributed by atoms with Gasteiger partial charge in [-0.3, -0.25) is 0 Å². The lowest BCUT2D eigenvalue weighted by Gasteiger charge is -2.22. The number of rotatable bonds is 3. The third-order valence-corrected chi connectivity index (χ3v) is 5.08. The van der Waals surface area contributed by atoms with Gasteiger partial charge in [-0.1, -0.05) is 0 Å². The average Bonchev–Trinajstić information content (AvgIpc) is 3.16. The highest BCUT2D eigenvalue weighted by Gasteiger charge is 2.24. The summed E-state index contributed by atoms with van der Waals surface area (Å²) in [7, 11) is 1.37. The van der Waals surface area contributed by atoms with Crippen molar-refractivity contribution in [2.24, 2.45) is 0 Å². The normalized spacial score (nSPS) is 13.4. The standard InChI is InChI=1S/C20H20N4O2/c1-26-20(25)19-13(8-9-23-19)18-12-5-3-2-4-11(12)17-14(10-21)15(22)6-7-16(17)24-18/h6-10,21,23H,2-5,22H2,1H3. The van der Waals surface area contributed by atoms with Crippen molar-refractivity contribution in [2.45, 2.75) is 25.7 Å². The summed E-state index contributed by atoms with van der Waals surface area (Å²) < 4.78 is 4.90. The van der Waals surface area contributed by atoms with Crippen LogP contribution in [0.15, 0.2) is 24.4 Å². The van der Waals surface area contributed by atoms with Gasteiger partial charge in [0.1, 0.15) is 5.69 Å². The molecule has 4 rings (SSSR count). The number of ether oxygens (including phenoxy) is 1. The molecule has 6 nitrogen and oxygen atoms in total. The van der Waals surface area contributed by atoms with Gasteiger partial charge >= 0.3 is 5.97 Å². The van der Waals surface area contributed by atoms with Crippen LogP contribution in [0.5, 0.6) is 0 Å². The number of benzene rings is 1. The maximum absolute atomic E-state index is 12.1. The number of hydrogen-bond donors (Lipinski definition) is 3. The van der Waals surface area contributed by atoms with Crippen LogP contribution in [0.3, 0.4) is 0 Å². The molecule has 0 unspecified atom stereocenters. The molecule has 0 saturated heterocycles. The molecule has 0 amide bonds. The van der Waals surface area contributed by atoms with E-state index in [1.54, 1.807) is 12.3 Å². The average molecular weight is 348 g/mol. The number of pyridine rings is 1. The minimum Gasteiger partial charge on any atom is -0.464 e. The first-order valence-electron chi connectivity index (χ1n) is 8.66. The van der Waals surface area contributed by atoms with Gasteiger partial charge < -0.3 is 20.9 Å². The largest absolute Gasteiger partial charge is 0.464 e. The molecule has 0 fully saturated rings. The Labute approximate surface area is 150 Å². The number of nitrogen functional groups attached to an aromatic ring is 1. The van der Waals surface area contributed by atoms with Crippen LogP contribution in [0.1, 0.15) is 40.0 Å². The highest BCUT2D eigenvalue weighted by Crippen LogP contribution is 2.38. The predicted molar refractivity (Wildman–Crippen MR) is 102 cm³/mol. The van der Waals surface area contributed by atoms with E-state index in [1.165, 1.54) is 18.9 Å². The number of hydrogen-bond acceptors (Lipinski definition) is 5. The van der Waals surface area contributed by atoms with Gasteiger partial charge in [0.15, 0.2) is 0 Å². The number of carbonyl (C=O) groups excluding carboxylic acids is 1. The summed E-state index contributed by atoms with van der Waals surface area (Å²) in [5, 5.41) is 8.76. The fraction of sp³-hybridized carbons (Fsp3) is 0.250. The molecule has 132 valence electrons. The molecule has 1 aliphatic rings. The second-order valence-corrected chi connectivity index (χ2v) is 6.49. The van der Waals surface area contributed by atoms with Gasteiger partial charge in [0.25, 0.3) is 0 Å². The number of aromatic nitrogens is 2. The number of nitrogens with two attached hydrogens (primary N) is 1. The third kappa shape index (κ3) is 2.37. The van der Waals surface area contributed by atoms with Crippen molar-refractivity contribution >= 4 is 28.8 Å². The first kappa shape index (κ1) is 16.3. The van der Waals surface area contributed by atoms with Crippen LogP contribution in [0.2, 0.25) is 0 Å². The quantitative estimate of drug-likeness (QED) is 0.383. The van der Waals surface area contributed by atoms with Gasteiger partial charge in [0.2, 0.25) is 0 Å². The lowest BCUT2D eigenvalue weighted by Crippen LogP contribution is -2.11. The van der Waals surface area contributed by atoms with Crippen molar-refractivity contribution in [1.29, 1.82) is 5.41 Å². The first-order chi connectivity index (χ1) is 12.7. The molecule has 1 aromatic carbocycles. The molecule has 0 spiro atoms. The monoisotopic (exact) mass is 348 g/mol. The first-order valence-corrected chi connectivity index (χ1v) is 8.66. The van der Waals surface area contributed by atoms with E-state index in [0.717, 1.165) is 59.0 Å². The van der Waals surface area contributed by atoms with Gasteiger partial charge in [0, 0.05) is 34.6 Å². The van der Waals surface area contributed by atoms with Crippen molar-refractivity contribution in [2.75, 3.05) is 12.8 Å². The van der Waals surface area contributed by atoms with Crippen LogP contribution < -0.4 is 5.73 Å². The Morgan fingerprint density at radius 2 is 2.04 bits per heavy atom. The van der Waals surface area contributed by atoms with E-state index in [2.05, 4.69) is 4.98 Å². The fourth-order valence-electron chi connectivity index (χ4n) is 3.88. The number of nitrogens with one attached hydrogen (secondary N) is 2. The fourth-order valence-corrected chi connectivity index (χ4v) is 3.88. The minimum atomic E-state index is -0.408. The predicted octanol–water partition coefficient (Wildman–Crippen LogP) is 3.48. The summed E-state index contributed by atoms with van der Waals surface area (Å²) in [4.78, 5) is 20.0. The molecule has 0 aliphatic heterocycles. The molecule has 4 N–H and O–H groups in total. The summed E-state index contributed by atoms with van der Waals surface area (Å²) in [6, 6.07) is 5.54. The zero-order chi connectivity index (χ0) is 18.3. The minimum absolute atomic E-state index is 0.408. The van der Waals surface area contributed by atoms with Crippen LogP contribution in [0.4, 0.5) is 5.69 Å². The van der Waals surface area contributed by atoms with Crippen molar-refractivity contribution in [3.63, 3.8) is 0 Å². The summed E-state index contributed by atoms with van der Waals surface area (Å²) in [5.74, 6) is -0.408. The molecule has 6 heteroatoms. The van der Waals surface area contributed by atoms with E-state index in [-0.39, 0.29) is 0 Å². The molecule has 2 heterocycles. The van der Waals surface area contributed by atoms with Crippen LogP contribution in [0.25, 0.3) is 22.2 Å². The van der Waals surface area contributed by atoms with E-state index >= 15 is 0 Å². The molecule has 26 heavy (non-hydrogen) atoms. The Hall–Kier alpha value is -3.15. The number of anilines is 1. The smallest absolute Gasteiger partial charge is 0.355 e. The Balaban J connectivity index is 2.07. The Kier molecular flexibility index (Phi) is 3.95.